The number of aliphatic hydroxyl groups excluding tert-OH is 1. The molecule has 3 aliphatic rings. The average molecular weight is 499 g/mol. The van der Waals surface area contributed by atoms with Gasteiger partial charge in [0.25, 0.3) is 0 Å². The molecule has 35 heavy (non-hydrogen) atoms. The molecule has 0 bridgehead atoms. The zero-order valence-corrected chi connectivity index (χ0v) is 21.8. The minimum atomic E-state index is -3.50. The fourth-order valence-electron chi connectivity index (χ4n) is 6.20. The Morgan fingerprint density at radius 2 is 1.77 bits per heavy atom. The number of aryl methyl sites for hydroxylation is 1. The van der Waals surface area contributed by atoms with E-state index >= 15 is 0 Å². The van der Waals surface area contributed by atoms with Crippen molar-refractivity contribution in [2.24, 2.45) is 0 Å². The van der Waals surface area contributed by atoms with E-state index in [0.29, 0.717) is 19.6 Å². The summed E-state index contributed by atoms with van der Waals surface area (Å²) in [5, 5.41) is 13.4. The van der Waals surface area contributed by atoms with Crippen LogP contribution >= 0.6 is 0 Å². The molecule has 0 amide bonds. The zero-order chi connectivity index (χ0) is 24.7. The standard InChI is InChI=1S/C27H38N4O3S/c1-19-7-6-8-23(20(19)2)21-9-11-22(12-10-21)26-24-17-30(14-4-5-15-31(24)25(26)18-32)35(33,34)27-28-13-16-29(27)3/h6-12,24-28,32H,4-5,13-18H2,1-3H3/t24?,25?,26-,27?/m0/s1. The van der Waals surface area contributed by atoms with E-state index in [9.17, 15) is 13.5 Å². The van der Waals surface area contributed by atoms with Gasteiger partial charge in [0.2, 0.25) is 10.0 Å². The Balaban J connectivity index is 1.41. The Hall–Kier alpha value is -1.81. The van der Waals surface area contributed by atoms with E-state index in [2.05, 4.69) is 66.5 Å². The molecule has 0 saturated carbocycles. The van der Waals surface area contributed by atoms with Gasteiger partial charge in [-0.25, -0.2) is 8.42 Å². The van der Waals surface area contributed by atoms with Crippen molar-refractivity contribution in [3.63, 3.8) is 0 Å². The number of aliphatic hydroxyl groups is 1. The summed E-state index contributed by atoms with van der Waals surface area (Å²) < 4.78 is 28.8. The largest absolute Gasteiger partial charge is 0.395 e. The lowest BCUT2D eigenvalue weighted by Gasteiger charge is -2.57. The van der Waals surface area contributed by atoms with Crippen LogP contribution in [-0.2, 0) is 10.0 Å². The number of sulfonamides is 1. The molecular formula is C27H38N4O3S. The van der Waals surface area contributed by atoms with E-state index in [1.807, 2.05) is 11.9 Å². The summed E-state index contributed by atoms with van der Waals surface area (Å²) in [4.78, 5) is 4.21. The van der Waals surface area contributed by atoms with E-state index < -0.39 is 15.5 Å². The van der Waals surface area contributed by atoms with Gasteiger partial charge in [0.1, 0.15) is 0 Å². The summed E-state index contributed by atoms with van der Waals surface area (Å²) in [6.07, 6.45) is 1.78. The number of fused-ring (bicyclic) bond motifs is 1. The number of benzene rings is 2. The van der Waals surface area contributed by atoms with Crippen LogP contribution in [0.1, 0.15) is 35.4 Å². The third kappa shape index (κ3) is 4.45. The molecular weight excluding hydrogens is 460 g/mol. The highest BCUT2D eigenvalue weighted by Crippen LogP contribution is 2.43. The smallest absolute Gasteiger partial charge is 0.244 e. The Labute approximate surface area is 209 Å². The van der Waals surface area contributed by atoms with Crippen LogP contribution in [0.3, 0.4) is 0 Å². The van der Waals surface area contributed by atoms with Crippen molar-refractivity contribution in [1.29, 1.82) is 0 Å². The summed E-state index contributed by atoms with van der Waals surface area (Å²) >= 11 is 0. The first-order valence-electron chi connectivity index (χ1n) is 12.8. The van der Waals surface area contributed by atoms with Gasteiger partial charge >= 0.3 is 0 Å². The highest BCUT2D eigenvalue weighted by atomic mass is 32.2. The van der Waals surface area contributed by atoms with Crippen LogP contribution in [0.5, 0.6) is 0 Å². The van der Waals surface area contributed by atoms with Crippen molar-refractivity contribution in [3.05, 3.63) is 59.2 Å². The van der Waals surface area contributed by atoms with Gasteiger partial charge in [0.05, 0.1) is 6.61 Å². The van der Waals surface area contributed by atoms with E-state index in [-0.39, 0.29) is 24.6 Å². The second-order valence-corrected chi connectivity index (χ2v) is 12.3. The molecule has 5 rings (SSSR count). The van der Waals surface area contributed by atoms with Crippen molar-refractivity contribution >= 4 is 10.0 Å². The van der Waals surface area contributed by atoms with Gasteiger partial charge in [-0.3, -0.25) is 15.1 Å². The molecule has 4 atom stereocenters. The monoisotopic (exact) mass is 498 g/mol. The number of rotatable bonds is 5. The zero-order valence-electron chi connectivity index (χ0n) is 21.0. The maximum atomic E-state index is 13.5. The molecule has 3 saturated heterocycles. The molecule has 2 aromatic carbocycles. The first-order chi connectivity index (χ1) is 16.8. The normalized spacial score (nSPS) is 28.8. The molecule has 190 valence electrons. The van der Waals surface area contributed by atoms with Gasteiger partial charge in [0, 0.05) is 44.2 Å². The maximum absolute atomic E-state index is 13.5. The predicted octanol–water partition coefficient (Wildman–Crippen LogP) is 2.34. The fourth-order valence-corrected chi connectivity index (χ4v) is 8.12. The van der Waals surface area contributed by atoms with Gasteiger partial charge in [-0.2, -0.15) is 4.31 Å². The summed E-state index contributed by atoms with van der Waals surface area (Å²) in [6.45, 7) is 7.72. The van der Waals surface area contributed by atoms with Crippen molar-refractivity contribution in [2.45, 2.75) is 50.2 Å². The van der Waals surface area contributed by atoms with Crippen LogP contribution in [0.2, 0.25) is 0 Å². The molecule has 0 aliphatic carbocycles. The second kappa shape index (κ2) is 9.92. The van der Waals surface area contributed by atoms with Crippen LogP contribution in [0.15, 0.2) is 42.5 Å². The van der Waals surface area contributed by atoms with Gasteiger partial charge in [0.15, 0.2) is 5.50 Å². The highest BCUT2D eigenvalue weighted by Gasteiger charge is 2.51. The molecule has 2 N–H and O–H groups in total. The number of nitrogens with one attached hydrogen (secondary N) is 1. The van der Waals surface area contributed by atoms with Crippen molar-refractivity contribution < 1.29 is 13.5 Å². The quantitative estimate of drug-likeness (QED) is 0.659. The molecule has 3 fully saturated rings. The summed E-state index contributed by atoms with van der Waals surface area (Å²) in [6, 6.07) is 15.2. The fraction of sp³-hybridized carbons (Fsp3) is 0.556. The molecule has 2 aromatic rings. The number of hydrogen-bond donors (Lipinski definition) is 2. The molecule has 0 radical (unpaired) electrons. The average Bonchev–Trinajstić information content (AvgIpc) is 3.27. The number of hydrogen-bond acceptors (Lipinski definition) is 6. The molecule has 3 unspecified atom stereocenters. The molecule has 0 aromatic heterocycles. The maximum Gasteiger partial charge on any atom is 0.244 e. The van der Waals surface area contributed by atoms with Crippen molar-refractivity contribution in [3.8, 4) is 11.1 Å². The Morgan fingerprint density at radius 3 is 2.46 bits per heavy atom. The first-order valence-corrected chi connectivity index (χ1v) is 14.3. The van der Waals surface area contributed by atoms with Gasteiger partial charge < -0.3 is 5.11 Å². The summed E-state index contributed by atoms with van der Waals surface area (Å²) in [5.41, 5.74) is 5.51. The van der Waals surface area contributed by atoms with Crippen LogP contribution in [0.25, 0.3) is 11.1 Å². The molecule has 8 heteroatoms. The van der Waals surface area contributed by atoms with E-state index in [1.165, 1.54) is 27.8 Å². The topological polar surface area (TPSA) is 76.1 Å². The van der Waals surface area contributed by atoms with E-state index in [1.54, 1.807) is 4.31 Å². The molecule has 3 aliphatic heterocycles. The van der Waals surface area contributed by atoms with Crippen LogP contribution in [-0.4, -0.2) is 91.6 Å². The van der Waals surface area contributed by atoms with Gasteiger partial charge in [-0.1, -0.05) is 42.5 Å². The highest BCUT2D eigenvalue weighted by molar-refractivity contribution is 7.89. The summed E-state index contributed by atoms with van der Waals surface area (Å²) in [7, 11) is -1.63. The SMILES string of the molecule is Cc1cccc(-c2ccc([C@@H]3C(CO)N4CCCCN(S(=O)(=O)C5NCCN5C)CC34)cc2)c1C. The minimum Gasteiger partial charge on any atom is -0.395 e. The predicted molar refractivity (Wildman–Crippen MR) is 140 cm³/mol. The Morgan fingerprint density at radius 1 is 1.03 bits per heavy atom. The number of nitrogens with zero attached hydrogens (tertiary/aromatic N) is 3. The lowest BCUT2D eigenvalue weighted by atomic mass is 9.74. The summed E-state index contributed by atoms with van der Waals surface area (Å²) in [5.74, 6) is 0.109. The van der Waals surface area contributed by atoms with Gasteiger partial charge in [-0.15, -0.1) is 0 Å². The molecule has 7 nitrogen and oxygen atoms in total. The van der Waals surface area contributed by atoms with Crippen LogP contribution < -0.4 is 5.32 Å². The van der Waals surface area contributed by atoms with E-state index in [4.69, 9.17) is 0 Å². The lowest BCUT2D eigenvalue weighted by molar-refractivity contribution is -0.0555. The van der Waals surface area contributed by atoms with Crippen LogP contribution in [0.4, 0.5) is 0 Å². The Bertz CT molecular complexity index is 1150. The second-order valence-electron chi connectivity index (χ2n) is 10.3. The minimum absolute atomic E-state index is 0.0292. The lowest BCUT2D eigenvalue weighted by Crippen LogP contribution is -2.68. The Kier molecular flexibility index (Phi) is 7.05. The third-order valence-electron chi connectivity index (χ3n) is 8.37. The van der Waals surface area contributed by atoms with Crippen molar-refractivity contribution in [1.82, 2.24) is 19.4 Å². The first kappa shape index (κ1) is 24.9. The third-order valence-corrected chi connectivity index (χ3v) is 10.5. The van der Waals surface area contributed by atoms with Crippen LogP contribution in [0, 0.1) is 13.8 Å². The van der Waals surface area contributed by atoms with E-state index in [0.717, 1.165) is 25.9 Å². The van der Waals surface area contributed by atoms with Crippen molar-refractivity contribution in [2.75, 3.05) is 46.4 Å². The van der Waals surface area contributed by atoms with Gasteiger partial charge in [-0.05, 0) is 68.1 Å². The molecule has 0 spiro atoms. The number of likely N-dealkylation sites (N-methyl/N-ethyl adjacent to an activating group) is 1. The molecule has 3 heterocycles.